The number of ketones is 1. The molecule has 1 unspecified atom stereocenters. The van der Waals surface area contributed by atoms with Crippen LogP contribution < -0.4 is 9.64 Å². The molecule has 0 saturated carbocycles. The number of aromatic nitrogens is 2. The van der Waals surface area contributed by atoms with E-state index in [1.165, 1.54) is 40.1 Å². The van der Waals surface area contributed by atoms with Crippen LogP contribution in [-0.2, 0) is 28.4 Å². The van der Waals surface area contributed by atoms with Gasteiger partial charge in [-0.25, -0.2) is 4.39 Å². The average Bonchev–Trinajstić information content (AvgIpc) is 3.65. The lowest BCUT2D eigenvalue weighted by molar-refractivity contribution is -0.132. The molecule has 1 saturated heterocycles. The largest absolute Gasteiger partial charge is 0.507 e. The molecule has 6 rings (SSSR count). The van der Waals surface area contributed by atoms with E-state index in [-0.39, 0.29) is 22.3 Å². The standard InChI is InChI=1S/C36H30FN3O4S2/c1-3-23-8-12-25(13-9-23)31-30(32(41)26-14-18-29(19-15-26)44-20-27-7-5-4-6-22(27)2)33(42)34(43)40(31)35-38-39-36(46-35)45-21-24-10-16-28(37)17-11-24/h4-19,31,41H,3,20-21H2,1-2H3/b32-30+. The molecule has 1 amide bonds. The maximum atomic E-state index is 13.6. The number of aryl methyl sites for hydroxylation is 2. The number of ether oxygens (including phenoxy) is 1. The number of rotatable bonds is 10. The van der Waals surface area contributed by atoms with Crippen LogP contribution in [0.2, 0.25) is 0 Å². The zero-order valence-electron chi connectivity index (χ0n) is 25.1. The molecule has 10 heteroatoms. The number of hydrogen-bond donors (Lipinski definition) is 1. The molecule has 232 valence electrons. The smallest absolute Gasteiger partial charge is 0.301 e. The SMILES string of the molecule is CCc1ccc(C2/C(=C(\O)c3ccc(OCc4ccccc4C)cc3)C(=O)C(=O)N2c2nnc(SCc3ccc(F)cc3)s2)cc1. The van der Waals surface area contributed by atoms with Crippen molar-refractivity contribution in [2.75, 3.05) is 4.90 Å². The van der Waals surface area contributed by atoms with E-state index in [2.05, 4.69) is 10.2 Å². The van der Waals surface area contributed by atoms with Gasteiger partial charge in [0.05, 0.1) is 11.6 Å². The van der Waals surface area contributed by atoms with Crippen LogP contribution >= 0.6 is 23.1 Å². The molecule has 1 N–H and O–H groups in total. The second kappa shape index (κ2) is 13.7. The number of carbonyl (C=O) groups excluding carboxylic acids is 2. The summed E-state index contributed by atoms with van der Waals surface area (Å²) in [4.78, 5) is 28.5. The van der Waals surface area contributed by atoms with E-state index in [0.29, 0.717) is 33.6 Å². The number of thioether (sulfide) groups is 1. The molecule has 1 atom stereocenters. The van der Waals surface area contributed by atoms with Gasteiger partial charge in [0.1, 0.15) is 23.9 Å². The van der Waals surface area contributed by atoms with Crippen molar-refractivity contribution in [3.05, 3.63) is 142 Å². The highest BCUT2D eigenvalue weighted by Crippen LogP contribution is 2.44. The first-order chi connectivity index (χ1) is 22.3. The van der Waals surface area contributed by atoms with E-state index >= 15 is 0 Å². The van der Waals surface area contributed by atoms with Gasteiger partial charge in [0.15, 0.2) is 4.34 Å². The van der Waals surface area contributed by atoms with Crippen molar-refractivity contribution >= 4 is 45.7 Å². The summed E-state index contributed by atoms with van der Waals surface area (Å²) >= 11 is 2.58. The minimum Gasteiger partial charge on any atom is -0.507 e. The molecule has 1 aliphatic rings. The van der Waals surface area contributed by atoms with Crippen LogP contribution in [-0.4, -0.2) is 27.0 Å². The lowest BCUT2D eigenvalue weighted by atomic mass is 9.94. The van der Waals surface area contributed by atoms with Crippen molar-refractivity contribution in [3.63, 3.8) is 0 Å². The lowest BCUT2D eigenvalue weighted by Gasteiger charge is -2.22. The number of hydrogen-bond acceptors (Lipinski definition) is 8. The van der Waals surface area contributed by atoms with Crippen LogP contribution in [0, 0.1) is 12.7 Å². The van der Waals surface area contributed by atoms with Crippen LogP contribution in [0.5, 0.6) is 5.75 Å². The number of nitrogens with zero attached hydrogens (tertiary/aromatic N) is 3. The highest BCUT2D eigenvalue weighted by Gasteiger charge is 2.48. The fourth-order valence-corrected chi connectivity index (χ4v) is 6.99. The number of aliphatic hydroxyl groups excluding tert-OH is 1. The molecule has 0 spiro atoms. The minimum absolute atomic E-state index is 0.0291. The monoisotopic (exact) mass is 651 g/mol. The Bertz CT molecular complexity index is 1910. The van der Waals surface area contributed by atoms with Gasteiger partial charge < -0.3 is 9.84 Å². The Balaban J connectivity index is 1.30. The second-order valence-electron chi connectivity index (χ2n) is 10.8. The van der Waals surface area contributed by atoms with E-state index in [0.717, 1.165) is 28.7 Å². The van der Waals surface area contributed by atoms with Crippen molar-refractivity contribution in [2.24, 2.45) is 0 Å². The third-order valence-corrected chi connectivity index (χ3v) is 9.94. The fraction of sp³-hybridized carbons (Fsp3) is 0.167. The molecule has 1 fully saturated rings. The van der Waals surface area contributed by atoms with Gasteiger partial charge in [-0.2, -0.15) is 0 Å². The van der Waals surface area contributed by atoms with Crippen LogP contribution in [0.4, 0.5) is 9.52 Å². The van der Waals surface area contributed by atoms with Gasteiger partial charge in [-0.3, -0.25) is 14.5 Å². The first kappa shape index (κ1) is 31.2. The first-order valence-electron chi connectivity index (χ1n) is 14.7. The Morgan fingerprint density at radius 3 is 2.33 bits per heavy atom. The van der Waals surface area contributed by atoms with Crippen molar-refractivity contribution in [2.45, 2.75) is 43.0 Å². The van der Waals surface area contributed by atoms with Gasteiger partial charge in [0.25, 0.3) is 5.78 Å². The highest BCUT2D eigenvalue weighted by molar-refractivity contribution is 8.00. The summed E-state index contributed by atoms with van der Waals surface area (Å²) < 4.78 is 19.9. The Morgan fingerprint density at radius 2 is 1.63 bits per heavy atom. The van der Waals surface area contributed by atoms with Crippen LogP contribution in [0.15, 0.2) is 107 Å². The Kier molecular flexibility index (Phi) is 9.28. The molecule has 7 nitrogen and oxygen atoms in total. The van der Waals surface area contributed by atoms with E-state index in [4.69, 9.17) is 4.74 Å². The maximum Gasteiger partial charge on any atom is 0.301 e. The van der Waals surface area contributed by atoms with E-state index in [1.807, 2.05) is 62.4 Å². The lowest BCUT2D eigenvalue weighted by Crippen LogP contribution is -2.29. The zero-order chi connectivity index (χ0) is 32.2. The zero-order valence-corrected chi connectivity index (χ0v) is 26.8. The van der Waals surface area contributed by atoms with Crippen molar-refractivity contribution in [1.82, 2.24) is 10.2 Å². The van der Waals surface area contributed by atoms with Crippen molar-refractivity contribution in [3.8, 4) is 5.75 Å². The average molecular weight is 652 g/mol. The topological polar surface area (TPSA) is 92.6 Å². The molecule has 4 aromatic carbocycles. The molecule has 0 bridgehead atoms. The summed E-state index contributed by atoms with van der Waals surface area (Å²) in [6.07, 6.45) is 0.823. The molecule has 1 aliphatic heterocycles. The number of benzene rings is 4. The summed E-state index contributed by atoms with van der Waals surface area (Å²) in [6.45, 7) is 4.46. The summed E-state index contributed by atoms with van der Waals surface area (Å²) in [6, 6.07) is 27.7. The molecule has 46 heavy (non-hydrogen) atoms. The van der Waals surface area contributed by atoms with Crippen LogP contribution in [0.25, 0.3) is 5.76 Å². The van der Waals surface area contributed by atoms with Gasteiger partial charge in [-0.15, -0.1) is 10.2 Å². The van der Waals surface area contributed by atoms with E-state index in [1.54, 1.807) is 36.4 Å². The Hall–Kier alpha value is -4.80. The molecule has 0 radical (unpaired) electrons. The molecule has 5 aromatic rings. The molecule has 0 aliphatic carbocycles. The van der Waals surface area contributed by atoms with Crippen LogP contribution in [0.3, 0.4) is 0 Å². The molecule has 2 heterocycles. The quantitative estimate of drug-likeness (QED) is 0.0537. The Labute approximate surface area is 274 Å². The maximum absolute atomic E-state index is 13.6. The number of amides is 1. The van der Waals surface area contributed by atoms with E-state index < -0.39 is 17.7 Å². The molecular formula is C36H30FN3O4S2. The van der Waals surface area contributed by atoms with Gasteiger partial charge in [0, 0.05) is 11.3 Å². The van der Waals surface area contributed by atoms with Gasteiger partial charge in [0.2, 0.25) is 5.13 Å². The van der Waals surface area contributed by atoms with Gasteiger partial charge >= 0.3 is 5.91 Å². The molecule has 1 aromatic heterocycles. The summed E-state index contributed by atoms with van der Waals surface area (Å²) in [5.74, 6) is -1.07. The number of halogens is 1. The van der Waals surface area contributed by atoms with E-state index in [9.17, 15) is 19.1 Å². The number of Topliss-reactive ketones (excluding diaryl/α,β-unsaturated/α-hetero) is 1. The number of carbonyl (C=O) groups is 2. The predicted molar refractivity (Wildman–Crippen MR) is 178 cm³/mol. The fourth-order valence-electron chi connectivity index (χ4n) is 5.16. The number of anilines is 1. The van der Waals surface area contributed by atoms with Gasteiger partial charge in [-0.1, -0.05) is 90.7 Å². The van der Waals surface area contributed by atoms with Crippen LogP contribution in [0.1, 0.15) is 46.3 Å². The summed E-state index contributed by atoms with van der Waals surface area (Å²) in [5.41, 5.74) is 5.21. The number of aliphatic hydroxyl groups is 1. The highest BCUT2D eigenvalue weighted by atomic mass is 32.2. The summed E-state index contributed by atoms with van der Waals surface area (Å²) in [7, 11) is 0. The first-order valence-corrected chi connectivity index (χ1v) is 16.5. The summed E-state index contributed by atoms with van der Waals surface area (Å²) in [5, 5.41) is 20.3. The third kappa shape index (κ3) is 6.59. The predicted octanol–water partition coefficient (Wildman–Crippen LogP) is 8.05. The third-order valence-electron chi connectivity index (χ3n) is 7.81. The van der Waals surface area contributed by atoms with Gasteiger partial charge in [-0.05, 0) is 77.6 Å². The molecular weight excluding hydrogens is 622 g/mol. The van der Waals surface area contributed by atoms with Crippen molar-refractivity contribution in [1.29, 1.82) is 0 Å². The van der Waals surface area contributed by atoms with Crippen molar-refractivity contribution < 1.29 is 23.8 Å². The Morgan fingerprint density at radius 1 is 0.935 bits per heavy atom. The second-order valence-corrected chi connectivity index (χ2v) is 12.9. The normalized spacial score (nSPS) is 15.8. The minimum atomic E-state index is -0.911.